The highest BCUT2D eigenvalue weighted by Gasteiger charge is 2.15. The number of nitrogens with one attached hydrogen (secondary N) is 1. The van der Waals surface area contributed by atoms with Gasteiger partial charge in [-0.1, -0.05) is 23.7 Å². The minimum atomic E-state index is -0.562. The maximum absolute atomic E-state index is 12.5. The van der Waals surface area contributed by atoms with Crippen LogP contribution in [0, 0.1) is 24.0 Å². The van der Waals surface area contributed by atoms with Crippen molar-refractivity contribution >= 4 is 40.4 Å². The molecule has 0 aliphatic heterocycles. The molecule has 5 rings (SSSR count). The van der Waals surface area contributed by atoms with Crippen molar-refractivity contribution in [1.29, 1.82) is 0 Å². The molecule has 0 atom stereocenters. The van der Waals surface area contributed by atoms with Gasteiger partial charge in [-0.25, -0.2) is 5.43 Å². The van der Waals surface area contributed by atoms with Crippen molar-refractivity contribution in [3.63, 3.8) is 0 Å². The highest BCUT2D eigenvalue weighted by atomic mass is 35.5. The van der Waals surface area contributed by atoms with Crippen LogP contribution in [0.1, 0.15) is 33.1 Å². The Morgan fingerprint density at radius 2 is 1.82 bits per heavy atom. The number of hydrogen-bond donors (Lipinski definition) is 1. The molecule has 0 radical (unpaired) electrons. The number of aryl methyl sites for hydroxylation is 1. The second kappa shape index (κ2) is 10.8. The van der Waals surface area contributed by atoms with Crippen LogP contribution in [0.15, 0.2) is 88.4 Å². The first-order valence-corrected chi connectivity index (χ1v) is 12.3. The van der Waals surface area contributed by atoms with E-state index in [2.05, 4.69) is 15.1 Å². The van der Waals surface area contributed by atoms with Crippen molar-refractivity contribution in [3.8, 4) is 11.4 Å². The van der Waals surface area contributed by atoms with Crippen LogP contribution in [-0.2, 0) is 6.61 Å². The van der Waals surface area contributed by atoms with E-state index in [-0.39, 0.29) is 11.4 Å². The quantitative estimate of drug-likeness (QED) is 0.132. The number of benzene rings is 3. The number of nitro benzene ring substituents is 1. The Labute approximate surface area is 228 Å². The molecular formula is C29H23ClN4O5. The monoisotopic (exact) mass is 542 g/mol. The van der Waals surface area contributed by atoms with Crippen molar-refractivity contribution in [2.45, 2.75) is 20.5 Å². The molecule has 10 heteroatoms. The average Bonchev–Trinajstić information content (AvgIpc) is 3.48. The molecule has 1 amide bonds. The molecule has 2 aromatic heterocycles. The van der Waals surface area contributed by atoms with Gasteiger partial charge in [-0.05, 0) is 74.0 Å². The number of amides is 1. The Hall–Kier alpha value is -4.89. The summed E-state index contributed by atoms with van der Waals surface area (Å²) < 4.78 is 13.5. The fraction of sp³-hybridized carbons (Fsp3) is 0.103. The molecule has 0 aliphatic rings. The molecule has 0 unspecified atom stereocenters. The lowest BCUT2D eigenvalue weighted by Crippen LogP contribution is -2.16. The zero-order chi connectivity index (χ0) is 27.5. The summed E-state index contributed by atoms with van der Waals surface area (Å²) in [5.41, 5.74) is 7.50. The Morgan fingerprint density at radius 1 is 1.08 bits per heavy atom. The first kappa shape index (κ1) is 25.7. The van der Waals surface area contributed by atoms with Crippen LogP contribution in [0.4, 0.5) is 5.69 Å². The van der Waals surface area contributed by atoms with Gasteiger partial charge in [0.2, 0.25) is 0 Å². The second-order valence-corrected chi connectivity index (χ2v) is 9.30. The molecule has 5 aromatic rings. The van der Waals surface area contributed by atoms with Crippen molar-refractivity contribution in [2.75, 3.05) is 0 Å². The number of fused-ring (bicyclic) bond motifs is 1. The summed E-state index contributed by atoms with van der Waals surface area (Å²) >= 11 is 5.93. The van der Waals surface area contributed by atoms with Gasteiger partial charge in [0.15, 0.2) is 5.76 Å². The third-order valence-electron chi connectivity index (χ3n) is 6.19. The number of hydrogen-bond acceptors (Lipinski definition) is 6. The molecule has 0 saturated carbocycles. The van der Waals surface area contributed by atoms with E-state index in [1.807, 2.05) is 68.4 Å². The number of nitro groups is 1. The normalized spacial score (nSPS) is 11.3. The summed E-state index contributed by atoms with van der Waals surface area (Å²) in [4.78, 5) is 23.0. The molecule has 39 heavy (non-hydrogen) atoms. The van der Waals surface area contributed by atoms with E-state index in [9.17, 15) is 14.9 Å². The van der Waals surface area contributed by atoms with Crippen LogP contribution >= 0.6 is 11.6 Å². The number of hydrazone groups is 1. The zero-order valence-electron chi connectivity index (χ0n) is 21.1. The molecule has 2 heterocycles. The number of furan rings is 1. The van der Waals surface area contributed by atoms with E-state index >= 15 is 0 Å². The lowest BCUT2D eigenvalue weighted by molar-refractivity contribution is -0.384. The predicted molar refractivity (Wildman–Crippen MR) is 149 cm³/mol. The minimum absolute atomic E-state index is 0.00601. The van der Waals surface area contributed by atoms with Gasteiger partial charge in [0.1, 0.15) is 17.9 Å². The Morgan fingerprint density at radius 3 is 2.54 bits per heavy atom. The van der Waals surface area contributed by atoms with Crippen LogP contribution in [0.5, 0.6) is 5.75 Å². The lowest BCUT2D eigenvalue weighted by atomic mass is 10.2. The molecule has 0 saturated heterocycles. The predicted octanol–water partition coefficient (Wildman–Crippen LogP) is 6.74. The maximum Gasteiger partial charge on any atom is 0.307 e. The topological polar surface area (TPSA) is 112 Å². The largest absolute Gasteiger partial charge is 0.489 e. The summed E-state index contributed by atoms with van der Waals surface area (Å²) in [6, 6.07) is 22.9. The summed E-state index contributed by atoms with van der Waals surface area (Å²) in [5, 5.41) is 16.2. The van der Waals surface area contributed by atoms with E-state index < -0.39 is 10.8 Å². The van der Waals surface area contributed by atoms with Crippen molar-refractivity contribution in [2.24, 2.45) is 5.10 Å². The molecule has 9 nitrogen and oxygen atoms in total. The Kier molecular flexibility index (Phi) is 7.16. The standard InChI is InChI=1S/C29H23ClN4O5/c1-18-13-22(16-31-32-29(35)28-15-21-14-25(34(36)37)9-12-27(21)39-28)19(2)33(18)24-7-10-26(11-8-24)38-17-20-3-5-23(30)6-4-20/h3-16H,17H2,1-2H3,(H,32,35)/b31-16+. The van der Waals surface area contributed by atoms with Crippen LogP contribution in [-0.4, -0.2) is 21.6 Å². The first-order valence-electron chi connectivity index (χ1n) is 12.0. The van der Waals surface area contributed by atoms with Crippen molar-refractivity contribution < 1.29 is 18.9 Å². The number of carbonyl (C=O) groups is 1. The first-order chi connectivity index (χ1) is 18.8. The van der Waals surface area contributed by atoms with E-state index in [0.29, 0.717) is 22.6 Å². The van der Waals surface area contributed by atoms with E-state index in [4.69, 9.17) is 20.8 Å². The molecule has 1 N–H and O–H groups in total. The van der Waals surface area contributed by atoms with Crippen LogP contribution in [0.3, 0.4) is 0 Å². The average molecular weight is 543 g/mol. The molecule has 0 spiro atoms. The summed E-state index contributed by atoms with van der Waals surface area (Å²) in [6.07, 6.45) is 1.56. The SMILES string of the molecule is Cc1cc(/C=N/NC(=O)c2cc3cc([N+](=O)[O-])ccc3o2)c(C)n1-c1ccc(OCc2ccc(Cl)cc2)cc1. The van der Waals surface area contributed by atoms with Gasteiger partial charge in [0, 0.05) is 45.2 Å². The maximum atomic E-state index is 12.5. The van der Waals surface area contributed by atoms with Crippen LogP contribution < -0.4 is 10.2 Å². The van der Waals surface area contributed by atoms with Crippen molar-refractivity contribution in [1.82, 2.24) is 9.99 Å². The van der Waals surface area contributed by atoms with Gasteiger partial charge >= 0.3 is 5.91 Å². The lowest BCUT2D eigenvalue weighted by Gasteiger charge is -2.11. The van der Waals surface area contributed by atoms with Gasteiger partial charge in [-0.3, -0.25) is 14.9 Å². The fourth-order valence-electron chi connectivity index (χ4n) is 4.23. The van der Waals surface area contributed by atoms with E-state index in [1.54, 1.807) is 6.21 Å². The minimum Gasteiger partial charge on any atom is -0.489 e. The Balaban J connectivity index is 1.24. The highest BCUT2D eigenvalue weighted by Crippen LogP contribution is 2.25. The fourth-order valence-corrected chi connectivity index (χ4v) is 4.35. The third kappa shape index (κ3) is 5.68. The third-order valence-corrected chi connectivity index (χ3v) is 6.44. The molecule has 0 fully saturated rings. The summed E-state index contributed by atoms with van der Waals surface area (Å²) in [6.45, 7) is 4.40. The Bertz CT molecular complexity index is 1700. The van der Waals surface area contributed by atoms with E-state index in [1.165, 1.54) is 24.3 Å². The number of ether oxygens (including phenoxy) is 1. The number of aromatic nitrogens is 1. The second-order valence-electron chi connectivity index (χ2n) is 8.86. The van der Waals surface area contributed by atoms with Crippen molar-refractivity contribution in [3.05, 3.63) is 122 Å². The van der Waals surface area contributed by atoms with Crippen LogP contribution in [0.25, 0.3) is 16.7 Å². The molecular weight excluding hydrogens is 520 g/mol. The summed E-state index contributed by atoms with van der Waals surface area (Å²) in [7, 11) is 0. The molecule has 0 aliphatic carbocycles. The van der Waals surface area contributed by atoms with Gasteiger partial charge < -0.3 is 13.7 Å². The highest BCUT2D eigenvalue weighted by molar-refractivity contribution is 6.30. The number of rotatable bonds is 8. The number of carbonyl (C=O) groups excluding carboxylic acids is 1. The smallest absolute Gasteiger partial charge is 0.307 e. The number of non-ortho nitro benzene ring substituents is 1. The molecule has 0 bridgehead atoms. The van der Waals surface area contributed by atoms with Crippen LogP contribution in [0.2, 0.25) is 5.02 Å². The van der Waals surface area contributed by atoms with Gasteiger partial charge in [-0.15, -0.1) is 0 Å². The van der Waals surface area contributed by atoms with Gasteiger partial charge in [0.25, 0.3) is 5.69 Å². The molecule has 3 aromatic carbocycles. The summed E-state index contributed by atoms with van der Waals surface area (Å²) in [5.74, 6) is 0.195. The number of nitrogens with zero attached hydrogens (tertiary/aromatic N) is 3. The van der Waals surface area contributed by atoms with Gasteiger partial charge in [-0.2, -0.15) is 5.10 Å². The number of halogens is 1. The van der Waals surface area contributed by atoms with Gasteiger partial charge in [0.05, 0.1) is 11.1 Å². The molecule has 196 valence electrons. The zero-order valence-corrected chi connectivity index (χ0v) is 21.8. The van der Waals surface area contributed by atoms with E-state index in [0.717, 1.165) is 34.0 Å².